The number of hydrogen-bond acceptors (Lipinski definition) is 7. The molecule has 0 aliphatic heterocycles. The molecule has 1 aromatic heterocycles. The zero-order valence-electron chi connectivity index (χ0n) is 27.4. The Kier molecular flexibility index (Phi) is 10.0. The van der Waals surface area contributed by atoms with Crippen molar-refractivity contribution in [2.75, 3.05) is 10.6 Å². The number of hydrogen-bond donors (Lipinski definition) is 3. The van der Waals surface area contributed by atoms with Gasteiger partial charge in [-0.25, -0.2) is 0 Å². The Balaban J connectivity index is 1.13. The Morgan fingerprint density at radius 1 is 0.654 bits per heavy atom. The first-order valence-corrected chi connectivity index (χ1v) is 18.0. The maximum atomic E-state index is 14.1. The third kappa shape index (κ3) is 7.39. The van der Waals surface area contributed by atoms with E-state index in [-0.39, 0.29) is 34.1 Å². The number of fused-ring (bicyclic) bond motifs is 2. The first-order chi connectivity index (χ1) is 25.4. The van der Waals surface area contributed by atoms with Gasteiger partial charge in [-0.15, -0.1) is 23.1 Å². The van der Waals surface area contributed by atoms with E-state index in [1.807, 2.05) is 53.9 Å². The lowest BCUT2D eigenvalue weighted by Crippen LogP contribution is -2.30. The van der Waals surface area contributed by atoms with Gasteiger partial charge in [0.25, 0.3) is 11.8 Å². The van der Waals surface area contributed by atoms with Crippen LogP contribution in [0.2, 0.25) is 0 Å². The Hall–Kier alpha value is -6.36. The van der Waals surface area contributed by atoms with Crippen LogP contribution in [0.1, 0.15) is 57.9 Å². The van der Waals surface area contributed by atoms with Crippen molar-refractivity contribution in [2.24, 2.45) is 0 Å². The molecule has 10 heteroatoms. The molecule has 8 nitrogen and oxygen atoms in total. The normalized spacial score (nSPS) is 12.7. The van der Waals surface area contributed by atoms with Gasteiger partial charge in [-0.1, -0.05) is 97.1 Å². The number of anilines is 2. The molecule has 0 fully saturated rings. The van der Waals surface area contributed by atoms with Crippen molar-refractivity contribution >= 4 is 69.8 Å². The lowest BCUT2D eigenvalue weighted by atomic mass is 9.83. The highest BCUT2D eigenvalue weighted by Gasteiger charge is 2.33. The Bertz CT molecular complexity index is 2360. The molecule has 0 saturated carbocycles. The standard InChI is InChI=1S/C42H29N3O5S2/c46-37-31-19-7-8-20-32(31)38(47)36-33(37)21-10-22-34(36)44-42(50)39(26-12-3-1-4-13-26)52-30-17-9-16-28(24-30)43-41(49)35(25-29-18-11-23-51-29)45-40(48)27-14-5-2-6-15-27/h1-25,39H,(H,43,49)(H,44,50)(H,45,48)/b35-25+. The van der Waals surface area contributed by atoms with Crippen LogP contribution in [0.4, 0.5) is 11.4 Å². The molecule has 6 aromatic rings. The number of ketones is 2. The number of carbonyl (C=O) groups is 5. The summed E-state index contributed by atoms with van der Waals surface area (Å²) in [5.74, 6) is -1.95. The molecule has 1 heterocycles. The molecule has 0 spiro atoms. The SMILES string of the molecule is O=C(Nc1cccc(SC(C(=O)Nc2cccc3c2C(=O)c2ccccc2C3=O)c2ccccc2)c1)/C(=C\c1cccs1)NC(=O)c1ccccc1. The summed E-state index contributed by atoms with van der Waals surface area (Å²) in [7, 11) is 0. The quantitative estimate of drug-likeness (QED) is 0.0965. The van der Waals surface area contributed by atoms with E-state index in [2.05, 4.69) is 16.0 Å². The molecular formula is C42H29N3O5S2. The molecule has 0 bridgehead atoms. The van der Waals surface area contributed by atoms with Gasteiger partial charge in [0, 0.05) is 37.7 Å². The maximum Gasteiger partial charge on any atom is 0.272 e. The van der Waals surface area contributed by atoms with Crippen molar-refractivity contribution in [3.8, 4) is 0 Å². The van der Waals surface area contributed by atoms with Gasteiger partial charge < -0.3 is 16.0 Å². The predicted octanol–water partition coefficient (Wildman–Crippen LogP) is 8.41. The molecule has 1 aliphatic rings. The van der Waals surface area contributed by atoms with Crippen molar-refractivity contribution in [3.05, 3.63) is 189 Å². The number of thiophene rings is 1. The minimum absolute atomic E-state index is 0.0674. The molecule has 254 valence electrons. The van der Waals surface area contributed by atoms with Gasteiger partial charge in [0.2, 0.25) is 5.91 Å². The zero-order valence-corrected chi connectivity index (χ0v) is 29.0. The number of nitrogens with one attached hydrogen (secondary N) is 3. The van der Waals surface area contributed by atoms with E-state index in [1.54, 1.807) is 97.1 Å². The molecule has 0 radical (unpaired) electrons. The second-order valence-electron chi connectivity index (χ2n) is 11.7. The van der Waals surface area contributed by atoms with Gasteiger partial charge in [-0.3, -0.25) is 24.0 Å². The Morgan fingerprint density at radius 2 is 1.33 bits per heavy atom. The second-order valence-corrected chi connectivity index (χ2v) is 13.9. The molecule has 1 aliphatic carbocycles. The van der Waals surface area contributed by atoms with Crippen LogP contribution in [0.3, 0.4) is 0 Å². The highest BCUT2D eigenvalue weighted by atomic mass is 32.2. The predicted molar refractivity (Wildman–Crippen MR) is 205 cm³/mol. The number of thioether (sulfide) groups is 1. The van der Waals surface area contributed by atoms with Crippen LogP contribution >= 0.6 is 23.1 Å². The molecule has 0 saturated heterocycles. The van der Waals surface area contributed by atoms with E-state index >= 15 is 0 Å². The third-order valence-electron chi connectivity index (χ3n) is 8.26. The van der Waals surface area contributed by atoms with Gasteiger partial charge in [0.1, 0.15) is 10.9 Å². The van der Waals surface area contributed by atoms with Gasteiger partial charge >= 0.3 is 0 Å². The van der Waals surface area contributed by atoms with Crippen molar-refractivity contribution in [2.45, 2.75) is 10.1 Å². The van der Waals surface area contributed by atoms with Crippen LogP contribution in [-0.4, -0.2) is 29.3 Å². The molecule has 1 atom stereocenters. The molecular weight excluding hydrogens is 691 g/mol. The van der Waals surface area contributed by atoms with Crippen molar-refractivity contribution in [3.63, 3.8) is 0 Å². The van der Waals surface area contributed by atoms with Crippen molar-refractivity contribution in [1.82, 2.24) is 5.32 Å². The number of carbonyl (C=O) groups excluding carboxylic acids is 5. The first-order valence-electron chi connectivity index (χ1n) is 16.2. The van der Waals surface area contributed by atoms with Crippen LogP contribution in [0.5, 0.6) is 0 Å². The van der Waals surface area contributed by atoms with E-state index in [1.165, 1.54) is 23.1 Å². The van der Waals surface area contributed by atoms with Gasteiger partial charge in [0.05, 0.1) is 11.3 Å². The summed E-state index contributed by atoms with van der Waals surface area (Å²) in [5.41, 5.74) is 2.91. The highest BCUT2D eigenvalue weighted by molar-refractivity contribution is 8.00. The van der Waals surface area contributed by atoms with E-state index in [0.717, 1.165) is 4.88 Å². The number of amides is 3. The molecule has 3 amide bonds. The van der Waals surface area contributed by atoms with Gasteiger partial charge in [-0.2, -0.15) is 0 Å². The lowest BCUT2D eigenvalue weighted by molar-refractivity contribution is -0.116. The van der Waals surface area contributed by atoms with E-state index in [9.17, 15) is 24.0 Å². The summed E-state index contributed by atoms with van der Waals surface area (Å²) in [4.78, 5) is 69.1. The zero-order chi connectivity index (χ0) is 36.0. The van der Waals surface area contributed by atoms with Crippen LogP contribution < -0.4 is 16.0 Å². The van der Waals surface area contributed by atoms with Crippen LogP contribution in [0.15, 0.2) is 155 Å². The van der Waals surface area contributed by atoms with Crippen LogP contribution in [-0.2, 0) is 9.59 Å². The fraction of sp³-hybridized carbons (Fsp3) is 0.0238. The average molecular weight is 720 g/mol. The van der Waals surface area contributed by atoms with E-state index < -0.39 is 23.0 Å². The fourth-order valence-electron chi connectivity index (χ4n) is 5.79. The summed E-state index contributed by atoms with van der Waals surface area (Å²) in [6.45, 7) is 0. The topological polar surface area (TPSA) is 121 Å². The summed E-state index contributed by atoms with van der Waals surface area (Å²) in [6.07, 6.45) is 1.62. The third-order valence-corrected chi connectivity index (χ3v) is 10.3. The van der Waals surface area contributed by atoms with Crippen LogP contribution in [0, 0.1) is 0 Å². The van der Waals surface area contributed by atoms with Gasteiger partial charge in [-0.05, 0) is 59.5 Å². The Labute approximate surface area is 307 Å². The molecule has 52 heavy (non-hydrogen) atoms. The number of benzene rings is 5. The number of rotatable bonds is 10. The van der Waals surface area contributed by atoms with E-state index in [4.69, 9.17) is 0 Å². The summed E-state index contributed by atoms with van der Waals surface area (Å²) < 4.78 is 0. The van der Waals surface area contributed by atoms with E-state index in [0.29, 0.717) is 32.8 Å². The van der Waals surface area contributed by atoms with Crippen molar-refractivity contribution < 1.29 is 24.0 Å². The smallest absolute Gasteiger partial charge is 0.272 e. The molecule has 3 N–H and O–H groups in total. The molecule has 1 unspecified atom stereocenters. The average Bonchev–Trinajstić information content (AvgIpc) is 3.70. The summed E-state index contributed by atoms with van der Waals surface area (Å²) >= 11 is 2.69. The largest absolute Gasteiger partial charge is 0.324 e. The van der Waals surface area contributed by atoms with Gasteiger partial charge in [0.15, 0.2) is 11.6 Å². The molecule has 7 rings (SSSR count). The van der Waals surface area contributed by atoms with Crippen LogP contribution in [0.25, 0.3) is 6.08 Å². The molecule has 5 aromatic carbocycles. The van der Waals surface area contributed by atoms with Crippen molar-refractivity contribution in [1.29, 1.82) is 0 Å². The minimum atomic E-state index is -0.774. The minimum Gasteiger partial charge on any atom is -0.324 e. The highest BCUT2D eigenvalue weighted by Crippen LogP contribution is 2.39. The fourth-order valence-corrected chi connectivity index (χ4v) is 7.53. The first kappa shape index (κ1) is 34.1. The maximum absolute atomic E-state index is 14.1. The summed E-state index contributed by atoms with van der Waals surface area (Å²) in [5, 5.41) is 9.67. The lowest BCUT2D eigenvalue weighted by Gasteiger charge is -2.22. The summed E-state index contributed by atoms with van der Waals surface area (Å²) in [6, 6.07) is 40.1. The Morgan fingerprint density at radius 3 is 2.06 bits per heavy atom. The monoisotopic (exact) mass is 719 g/mol. The second kappa shape index (κ2) is 15.3.